The second kappa shape index (κ2) is 11.1. The highest BCUT2D eigenvalue weighted by Gasteiger charge is 2.23. The number of anilines is 1. The SMILES string of the molecule is COC(=O)c1cc(Cc2ccccc2)sc1NC(=S)N1CCN(Cc2ccccc2Cl)CC1. The monoisotopic (exact) mass is 499 g/mol. The molecule has 0 saturated carbocycles. The quantitative estimate of drug-likeness (QED) is 0.367. The highest BCUT2D eigenvalue weighted by molar-refractivity contribution is 7.80. The first-order valence-corrected chi connectivity index (χ1v) is 12.4. The van der Waals surface area contributed by atoms with Crippen LogP contribution >= 0.6 is 35.2 Å². The van der Waals surface area contributed by atoms with E-state index in [2.05, 4.69) is 33.3 Å². The number of piperazine rings is 1. The molecule has 0 atom stereocenters. The first-order valence-electron chi connectivity index (χ1n) is 10.8. The summed E-state index contributed by atoms with van der Waals surface area (Å²) in [6.45, 7) is 4.23. The lowest BCUT2D eigenvalue weighted by Crippen LogP contribution is -2.49. The topological polar surface area (TPSA) is 44.8 Å². The molecule has 1 aromatic heterocycles. The van der Waals surface area contributed by atoms with Crippen LogP contribution in [0.1, 0.15) is 26.4 Å². The van der Waals surface area contributed by atoms with Crippen LogP contribution in [0.4, 0.5) is 5.00 Å². The fraction of sp³-hybridized carbons (Fsp3) is 0.280. The zero-order chi connectivity index (χ0) is 23.2. The van der Waals surface area contributed by atoms with Crippen molar-refractivity contribution in [3.63, 3.8) is 0 Å². The van der Waals surface area contributed by atoms with Crippen LogP contribution in [-0.4, -0.2) is 54.2 Å². The van der Waals surface area contributed by atoms with E-state index in [0.717, 1.165) is 59.6 Å². The van der Waals surface area contributed by atoms with Gasteiger partial charge in [-0.15, -0.1) is 11.3 Å². The molecular weight excluding hydrogens is 474 g/mol. The molecule has 4 rings (SSSR count). The van der Waals surface area contributed by atoms with Gasteiger partial charge in [0.05, 0.1) is 12.7 Å². The summed E-state index contributed by atoms with van der Waals surface area (Å²) >= 11 is 13.6. The Hall–Kier alpha value is -2.45. The number of halogens is 1. The summed E-state index contributed by atoms with van der Waals surface area (Å²) in [5.74, 6) is -0.361. The first kappa shape index (κ1) is 23.7. The van der Waals surface area contributed by atoms with E-state index in [9.17, 15) is 4.79 Å². The summed E-state index contributed by atoms with van der Waals surface area (Å²) in [5, 5.41) is 5.48. The number of methoxy groups -OCH3 is 1. The molecule has 0 spiro atoms. The van der Waals surface area contributed by atoms with Gasteiger partial charge in [0.25, 0.3) is 0 Å². The molecule has 0 radical (unpaired) electrons. The number of hydrogen-bond acceptors (Lipinski definition) is 5. The average Bonchev–Trinajstić information content (AvgIpc) is 3.23. The summed E-state index contributed by atoms with van der Waals surface area (Å²) in [6.07, 6.45) is 0.755. The highest BCUT2D eigenvalue weighted by Crippen LogP contribution is 2.31. The third-order valence-electron chi connectivity index (χ3n) is 5.64. The number of rotatable bonds is 6. The normalized spacial score (nSPS) is 14.2. The van der Waals surface area contributed by atoms with Gasteiger partial charge in [-0.2, -0.15) is 0 Å². The van der Waals surface area contributed by atoms with Crippen LogP contribution in [-0.2, 0) is 17.7 Å². The van der Waals surface area contributed by atoms with E-state index < -0.39 is 0 Å². The predicted octanol–water partition coefficient (Wildman–Crippen LogP) is 5.29. The summed E-state index contributed by atoms with van der Waals surface area (Å²) in [6, 6.07) is 20.1. The minimum Gasteiger partial charge on any atom is -0.465 e. The molecule has 5 nitrogen and oxygen atoms in total. The van der Waals surface area contributed by atoms with Crippen molar-refractivity contribution in [2.75, 3.05) is 38.6 Å². The largest absolute Gasteiger partial charge is 0.465 e. The van der Waals surface area contributed by atoms with E-state index in [4.69, 9.17) is 28.6 Å². The Labute approximate surface area is 208 Å². The molecule has 1 saturated heterocycles. The fourth-order valence-electron chi connectivity index (χ4n) is 3.83. The summed E-state index contributed by atoms with van der Waals surface area (Å²) in [4.78, 5) is 18.0. The molecule has 0 aliphatic carbocycles. The number of ether oxygens (including phenoxy) is 1. The Morgan fingerprint density at radius 2 is 1.79 bits per heavy atom. The number of hydrogen-bond donors (Lipinski definition) is 1. The van der Waals surface area contributed by atoms with Crippen molar-refractivity contribution in [3.05, 3.63) is 87.3 Å². The number of nitrogens with zero attached hydrogens (tertiary/aromatic N) is 2. The van der Waals surface area contributed by atoms with Crippen molar-refractivity contribution in [2.24, 2.45) is 0 Å². The molecule has 2 aromatic carbocycles. The van der Waals surface area contributed by atoms with Crippen LogP contribution in [0.3, 0.4) is 0 Å². The molecule has 1 fully saturated rings. The van der Waals surface area contributed by atoms with Crippen molar-refractivity contribution in [1.82, 2.24) is 9.80 Å². The van der Waals surface area contributed by atoms with Crippen molar-refractivity contribution < 1.29 is 9.53 Å². The number of nitrogens with one attached hydrogen (secondary N) is 1. The maximum absolute atomic E-state index is 12.4. The Bertz CT molecular complexity index is 1110. The molecule has 2 heterocycles. The van der Waals surface area contributed by atoms with Gasteiger partial charge in [0.15, 0.2) is 5.11 Å². The molecule has 1 aliphatic heterocycles. The Kier molecular flexibility index (Phi) is 7.98. The number of thiocarbonyl (C=S) groups is 1. The zero-order valence-corrected chi connectivity index (χ0v) is 20.8. The van der Waals surface area contributed by atoms with Crippen LogP contribution in [0.2, 0.25) is 5.02 Å². The smallest absolute Gasteiger partial charge is 0.340 e. The third kappa shape index (κ3) is 6.12. The van der Waals surface area contributed by atoms with Crippen molar-refractivity contribution in [1.29, 1.82) is 0 Å². The van der Waals surface area contributed by atoms with E-state index in [0.29, 0.717) is 10.7 Å². The van der Waals surface area contributed by atoms with E-state index in [1.54, 1.807) is 11.3 Å². The van der Waals surface area contributed by atoms with Crippen LogP contribution in [0.5, 0.6) is 0 Å². The molecular formula is C25H26ClN3O2S2. The van der Waals surface area contributed by atoms with Crippen LogP contribution in [0, 0.1) is 0 Å². The van der Waals surface area contributed by atoms with Crippen molar-refractivity contribution >= 4 is 51.2 Å². The molecule has 0 bridgehead atoms. The number of carbonyl (C=O) groups excluding carboxylic acids is 1. The zero-order valence-electron chi connectivity index (χ0n) is 18.4. The highest BCUT2D eigenvalue weighted by atomic mass is 35.5. The van der Waals surface area contributed by atoms with Gasteiger partial charge in [-0.3, -0.25) is 4.90 Å². The van der Waals surface area contributed by atoms with Gasteiger partial charge in [0, 0.05) is 49.0 Å². The molecule has 0 amide bonds. The standard InChI is InChI=1S/C25H26ClN3O2S2/c1-31-24(30)21-16-20(15-18-7-3-2-4-8-18)33-23(21)27-25(32)29-13-11-28(12-14-29)17-19-9-5-6-10-22(19)26/h2-10,16H,11-15,17H2,1H3,(H,27,32). The van der Waals surface area contributed by atoms with Crippen molar-refractivity contribution in [3.8, 4) is 0 Å². The van der Waals surface area contributed by atoms with Gasteiger partial charge in [-0.1, -0.05) is 60.1 Å². The number of thiophene rings is 1. The molecule has 8 heteroatoms. The maximum Gasteiger partial charge on any atom is 0.340 e. The minimum atomic E-state index is -0.361. The summed E-state index contributed by atoms with van der Waals surface area (Å²) in [7, 11) is 1.40. The predicted molar refractivity (Wildman–Crippen MR) is 139 cm³/mol. The first-order chi connectivity index (χ1) is 16.0. The molecule has 1 N–H and O–H groups in total. The number of benzene rings is 2. The molecule has 1 aliphatic rings. The van der Waals surface area contributed by atoms with Crippen LogP contribution < -0.4 is 5.32 Å². The van der Waals surface area contributed by atoms with E-state index in [-0.39, 0.29) is 5.97 Å². The second-order valence-electron chi connectivity index (χ2n) is 7.89. The van der Waals surface area contributed by atoms with E-state index in [1.807, 2.05) is 42.5 Å². The number of carbonyl (C=O) groups is 1. The minimum absolute atomic E-state index is 0.361. The lowest BCUT2D eigenvalue weighted by Gasteiger charge is -2.36. The second-order valence-corrected chi connectivity index (χ2v) is 9.82. The lowest BCUT2D eigenvalue weighted by molar-refractivity contribution is 0.0602. The van der Waals surface area contributed by atoms with E-state index in [1.165, 1.54) is 12.7 Å². The van der Waals surface area contributed by atoms with Gasteiger partial charge in [-0.05, 0) is 35.5 Å². The average molecular weight is 500 g/mol. The van der Waals surface area contributed by atoms with Gasteiger partial charge >= 0.3 is 5.97 Å². The Morgan fingerprint density at radius 3 is 2.48 bits per heavy atom. The number of esters is 1. The molecule has 0 unspecified atom stereocenters. The molecule has 3 aromatic rings. The summed E-state index contributed by atoms with van der Waals surface area (Å²) < 4.78 is 5.00. The summed E-state index contributed by atoms with van der Waals surface area (Å²) in [5.41, 5.74) is 2.85. The Balaban J connectivity index is 1.38. The Morgan fingerprint density at radius 1 is 1.09 bits per heavy atom. The molecule has 33 heavy (non-hydrogen) atoms. The van der Waals surface area contributed by atoms with Gasteiger partial charge in [-0.25, -0.2) is 4.79 Å². The van der Waals surface area contributed by atoms with Crippen LogP contribution in [0.15, 0.2) is 60.7 Å². The lowest BCUT2D eigenvalue weighted by atomic mass is 10.1. The van der Waals surface area contributed by atoms with Crippen LogP contribution in [0.25, 0.3) is 0 Å². The fourth-order valence-corrected chi connectivity index (χ4v) is 5.46. The third-order valence-corrected chi connectivity index (χ3v) is 7.42. The molecule has 172 valence electrons. The van der Waals surface area contributed by atoms with Gasteiger partial charge in [0.2, 0.25) is 0 Å². The van der Waals surface area contributed by atoms with Gasteiger partial charge < -0.3 is 15.0 Å². The van der Waals surface area contributed by atoms with E-state index >= 15 is 0 Å². The van der Waals surface area contributed by atoms with Gasteiger partial charge in [0.1, 0.15) is 5.00 Å². The van der Waals surface area contributed by atoms with Crippen molar-refractivity contribution in [2.45, 2.75) is 13.0 Å². The maximum atomic E-state index is 12.4.